The molecule has 1 aromatic carbocycles. The molecule has 0 saturated carbocycles. The molecule has 0 bridgehead atoms. The highest BCUT2D eigenvalue weighted by Gasteiger charge is 2.34. The highest BCUT2D eigenvalue weighted by molar-refractivity contribution is 7.91. The Bertz CT molecular complexity index is 599. The molecule has 0 aliphatic carbocycles. The standard InChI is InChI=1S/C13H15ClO4S/c1-8-5-11(6-9(2)12(8)14)18-13(15)10-3-4-19(16,17)7-10/h5-6,10H,3-4,7H2,1-2H3/t10-/m1/s1. The summed E-state index contributed by atoms with van der Waals surface area (Å²) in [7, 11) is -3.08. The summed E-state index contributed by atoms with van der Waals surface area (Å²) in [4.78, 5) is 11.9. The van der Waals surface area contributed by atoms with E-state index in [-0.39, 0.29) is 11.5 Å². The summed E-state index contributed by atoms with van der Waals surface area (Å²) in [5, 5.41) is 0.642. The van der Waals surface area contributed by atoms with Gasteiger partial charge in [-0.1, -0.05) is 11.6 Å². The summed E-state index contributed by atoms with van der Waals surface area (Å²) in [6.07, 6.45) is 0.340. The van der Waals surface area contributed by atoms with Gasteiger partial charge in [0.1, 0.15) is 5.75 Å². The lowest BCUT2D eigenvalue weighted by atomic mass is 10.1. The molecule has 2 rings (SSSR count). The van der Waals surface area contributed by atoms with Gasteiger partial charge in [0, 0.05) is 5.02 Å². The number of sulfone groups is 1. The Morgan fingerprint density at radius 3 is 2.37 bits per heavy atom. The van der Waals surface area contributed by atoms with E-state index < -0.39 is 21.7 Å². The van der Waals surface area contributed by atoms with E-state index in [1.54, 1.807) is 12.1 Å². The number of ether oxygens (including phenoxy) is 1. The van der Waals surface area contributed by atoms with Gasteiger partial charge in [-0.25, -0.2) is 8.42 Å². The van der Waals surface area contributed by atoms with Crippen molar-refractivity contribution < 1.29 is 17.9 Å². The highest BCUT2D eigenvalue weighted by Crippen LogP contribution is 2.27. The smallest absolute Gasteiger partial charge is 0.315 e. The van der Waals surface area contributed by atoms with E-state index >= 15 is 0 Å². The van der Waals surface area contributed by atoms with Crippen LogP contribution in [0, 0.1) is 19.8 Å². The second kappa shape index (κ2) is 5.13. The van der Waals surface area contributed by atoms with Crippen molar-refractivity contribution >= 4 is 27.4 Å². The fourth-order valence-corrected chi connectivity index (χ4v) is 3.98. The first-order valence-electron chi connectivity index (χ1n) is 5.97. The number of carbonyl (C=O) groups excluding carboxylic acids is 1. The van der Waals surface area contributed by atoms with Crippen LogP contribution in [-0.2, 0) is 14.6 Å². The zero-order chi connectivity index (χ0) is 14.2. The van der Waals surface area contributed by atoms with Crippen molar-refractivity contribution in [3.05, 3.63) is 28.3 Å². The molecule has 0 spiro atoms. The monoisotopic (exact) mass is 302 g/mol. The summed E-state index contributed by atoms with van der Waals surface area (Å²) in [5.74, 6) is -0.680. The molecule has 1 aliphatic heterocycles. The molecule has 4 nitrogen and oxygen atoms in total. The predicted octanol–water partition coefficient (Wildman–Crippen LogP) is 2.30. The quantitative estimate of drug-likeness (QED) is 0.621. The first kappa shape index (κ1) is 14.3. The average molecular weight is 303 g/mol. The van der Waals surface area contributed by atoms with Crippen LogP contribution in [0.25, 0.3) is 0 Å². The number of halogens is 1. The van der Waals surface area contributed by atoms with Gasteiger partial charge in [0.25, 0.3) is 0 Å². The Kier molecular flexibility index (Phi) is 3.87. The molecule has 1 aromatic rings. The summed E-state index contributed by atoms with van der Waals surface area (Å²) < 4.78 is 27.9. The molecule has 104 valence electrons. The van der Waals surface area contributed by atoms with Gasteiger partial charge in [-0.05, 0) is 43.5 Å². The van der Waals surface area contributed by atoms with Gasteiger partial charge in [-0.15, -0.1) is 0 Å². The number of benzene rings is 1. The van der Waals surface area contributed by atoms with Crippen LogP contribution in [-0.4, -0.2) is 25.9 Å². The zero-order valence-electron chi connectivity index (χ0n) is 10.8. The maximum atomic E-state index is 11.9. The fourth-order valence-electron chi connectivity index (χ4n) is 2.15. The molecular weight excluding hydrogens is 288 g/mol. The van der Waals surface area contributed by atoms with E-state index in [1.165, 1.54) is 0 Å². The number of esters is 1. The van der Waals surface area contributed by atoms with E-state index in [0.29, 0.717) is 17.2 Å². The Labute approximate surface area is 117 Å². The van der Waals surface area contributed by atoms with Crippen LogP contribution in [0.3, 0.4) is 0 Å². The van der Waals surface area contributed by atoms with Crippen molar-refractivity contribution in [2.45, 2.75) is 20.3 Å². The Hall–Kier alpha value is -1.07. The van der Waals surface area contributed by atoms with Gasteiger partial charge in [0.2, 0.25) is 0 Å². The van der Waals surface area contributed by atoms with Crippen LogP contribution in [0.2, 0.25) is 5.02 Å². The van der Waals surface area contributed by atoms with Crippen LogP contribution < -0.4 is 4.74 Å². The topological polar surface area (TPSA) is 60.4 Å². The molecular formula is C13H15ClO4S. The molecule has 1 heterocycles. The minimum atomic E-state index is -3.08. The van der Waals surface area contributed by atoms with Crippen molar-refractivity contribution in [1.29, 1.82) is 0 Å². The van der Waals surface area contributed by atoms with Crippen LogP contribution in [0.4, 0.5) is 0 Å². The van der Waals surface area contributed by atoms with Gasteiger partial charge in [0.05, 0.1) is 17.4 Å². The van der Waals surface area contributed by atoms with Crippen LogP contribution in [0.1, 0.15) is 17.5 Å². The van der Waals surface area contributed by atoms with Crippen molar-refractivity contribution in [2.75, 3.05) is 11.5 Å². The lowest BCUT2D eigenvalue weighted by Crippen LogP contribution is -2.21. The maximum Gasteiger partial charge on any atom is 0.315 e. The molecule has 0 N–H and O–H groups in total. The van der Waals surface area contributed by atoms with Crippen LogP contribution in [0.15, 0.2) is 12.1 Å². The molecule has 0 unspecified atom stereocenters. The molecule has 0 radical (unpaired) electrons. The molecule has 1 aliphatic rings. The number of rotatable bonds is 2. The summed E-state index contributed by atoms with van der Waals surface area (Å²) in [6, 6.07) is 3.35. The van der Waals surface area contributed by atoms with Gasteiger partial charge in [-0.3, -0.25) is 4.79 Å². The third-order valence-corrected chi connectivity index (χ3v) is 5.56. The summed E-state index contributed by atoms with van der Waals surface area (Å²) in [5.41, 5.74) is 1.65. The second-order valence-electron chi connectivity index (χ2n) is 4.89. The summed E-state index contributed by atoms with van der Waals surface area (Å²) in [6.45, 7) is 3.65. The molecule has 0 amide bonds. The first-order chi connectivity index (χ1) is 8.78. The minimum Gasteiger partial charge on any atom is -0.426 e. The maximum absolute atomic E-state index is 11.9. The van der Waals surface area contributed by atoms with Crippen molar-refractivity contribution in [3.8, 4) is 5.75 Å². The lowest BCUT2D eigenvalue weighted by Gasteiger charge is -2.11. The predicted molar refractivity (Wildman–Crippen MR) is 73.3 cm³/mol. The second-order valence-corrected chi connectivity index (χ2v) is 7.50. The Morgan fingerprint density at radius 2 is 1.89 bits per heavy atom. The first-order valence-corrected chi connectivity index (χ1v) is 8.17. The normalized spacial score (nSPS) is 21.3. The molecule has 0 aromatic heterocycles. The van der Waals surface area contributed by atoms with Crippen molar-refractivity contribution in [2.24, 2.45) is 5.92 Å². The largest absolute Gasteiger partial charge is 0.426 e. The van der Waals surface area contributed by atoms with E-state index in [1.807, 2.05) is 13.8 Å². The average Bonchev–Trinajstić information content (AvgIpc) is 2.66. The van der Waals surface area contributed by atoms with Gasteiger partial charge < -0.3 is 4.74 Å². The number of hydrogen-bond donors (Lipinski definition) is 0. The molecule has 1 atom stereocenters. The van der Waals surface area contributed by atoms with Gasteiger partial charge >= 0.3 is 5.97 Å². The van der Waals surface area contributed by atoms with Crippen LogP contribution >= 0.6 is 11.6 Å². The highest BCUT2D eigenvalue weighted by atomic mass is 35.5. The van der Waals surface area contributed by atoms with E-state index in [2.05, 4.69) is 0 Å². The SMILES string of the molecule is Cc1cc(OC(=O)[C@@H]2CCS(=O)(=O)C2)cc(C)c1Cl. The molecule has 19 heavy (non-hydrogen) atoms. The number of hydrogen-bond acceptors (Lipinski definition) is 4. The molecule has 1 fully saturated rings. The van der Waals surface area contributed by atoms with Gasteiger partial charge in [0.15, 0.2) is 9.84 Å². The Morgan fingerprint density at radius 1 is 1.32 bits per heavy atom. The Balaban J connectivity index is 2.12. The van der Waals surface area contributed by atoms with E-state index in [0.717, 1.165) is 11.1 Å². The zero-order valence-corrected chi connectivity index (χ0v) is 12.3. The van der Waals surface area contributed by atoms with E-state index in [9.17, 15) is 13.2 Å². The van der Waals surface area contributed by atoms with Crippen molar-refractivity contribution in [1.82, 2.24) is 0 Å². The minimum absolute atomic E-state index is 0.0610. The number of carbonyl (C=O) groups is 1. The third kappa shape index (κ3) is 3.28. The molecule has 1 saturated heterocycles. The van der Waals surface area contributed by atoms with E-state index in [4.69, 9.17) is 16.3 Å². The van der Waals surface area contributed by atoms with Gasteiger partial charge in [-0.2, -0.15) is 0 Å². The lowest BCUT2D eigenvalue weighted by molar-refractivity contribution is -0.138. The van der Waals surface area contributed by atoms with Crippen molar-refractivity contribution in [3.63, 3.8) is 0 Å². The fraction of sp³-hybridized carbons (Fsp3) is 0.462. The third-order valence-electron chi connectivity index (χ3n) is 3.19. The summed E-state index contributed by atoms with van der Waals surface area (Å²) >= 11 is 6.03. The molecule has 6 heteroatoms. The van der Waals surface area contributed by atoms with Crippen LogP contribution in [0.5, 0.6) is 5.75 Å². The number of aryl methyl sites for hydroxylation is 2.